The van der Waals surface area contributed by atoms with Gasteiger partial charge in [0.15, 0.2) is 0 Å². The highest BCUT2D eigenvalue weighted by molar-refractivity contribution is 6.04. The molecule has 0 aromatic heterocycles. The zero-order chi connectivity index (χ0) is 31.6. The molecule has 3 fully saturated rings. The average molecular weight is 605 g/mol. The Labute approximate surface area is 261 Å². The van der Waals surface area contributed by atoms with Crippen LogP contribution >= 0.6 is 0 Å². The van der Waals surface area contributed by atoms with Crippen LogP contribution in [0, 0.1) is 17.8 Å². The van der Waals surface area contributed by atoms with Crippen LogP contribution < -0.4 is 15.5 Å². The summed E-state index contributed by atoms with van der Waals surface area (Å²) in [5, 5.41) is 16.7. The number of ether oxygens (including phenoxy) is 1. The molecule has 1 spiro atoms. The van der Waals surface area contributed by atoms with Crippen molar-refractivity contribution < 1.29 is 24.2 Å². The van der Waals surface area contributed by atoms with Gasteiger partial charge in [0.25, 0.3) is 0 Å². The van der Waals surface area contributed by atoms with Gasteiger partial charge in [-0.1, -0.05) is 57.5 Å². The molecule has 2 unspecified atom stereocenters. The van der Waals surface area contributed by atoms with Crippen LogP contribution in [-0.2, 0) is 25.7 Å². The lowest BCUT2D eigenvalue weighted by Crippen LogP contribution is -2.57. The maximum atomic E-state index is 14.6. The third-order valence-electron chi connectivity index (χ3n) is 10.6. The van der Waals surface area contributed by atoms with E-state index in [9.17, 15) is 19.5 Å². The van der Waals surface area contributed by atoms with Crippen molar-refractivity contribution in [2.24, 2.45) is 17.8 Å². The first-order valence-corrected chi connectivity index (χ1v) is 16.3. The highest BCUT2D eigenvalue weighted by Crippen LogP contribution is 2.64. The number of likely N-dealkylation sites (tertiary alicyclic amines) is 1. The summed E-state index contributed by atoms with van der Waals surface area (Å²) in [4.78, 5) is 46.7. The Bertz CT molecular complexity index is 1330. The molecule has 3 N–H and O–H groups in total. The van der Waals surface area contributed by atoms with E-state index >= 15 is 0 Å². The predicted molar refractivity (Wildman–Crippen MR) is 171 cm³/mol. The number of rotatable bonds is 13. The Morgan fingerprint density at radius 3 is 2.30 bits per heavy atom. The van der Waals surface area contributed by atoms with Gasteiger partial charge < -0.3 is 30.3 Å². The molecule has 3 saturated heterocycles. The third-order valence-corrected chi connectivity index (χ3v) is 10.6. The fourth-order valence-corrected chi connectivity index (χ4v) is 7.98. The highest BCUT2D eigenvalue weighted by atomic mass is 16.5. The molecule has 5 rings (SSSR count). The Morgan fingerprint density at radius 1 is 1.02 bits per heavy atom. The van der Waals surface area contributed by atoms with Crippen LogP contribution in [0.15, 0.2) is 54.6 Å². The normalized spacial score (nSPS) is 28.5. The summed E-state index contributed by atoms with van der Waals surface area (Å²) >= 11 is 0. The molecule has 44 heavy (non-hydrogen) atoms. The molecule has 238 valence electrons. The molecule has 2 bridgehead atoms. The maximum absolute atomic E-state index is 14.6. The van der Waals surface area contributed by atoms with Gasteiger partial charge in [0.1, 0.15) is 11.6 Å². The Balaban J connectivity index is 1.50. The van der Waals surface area contributed by atoms with Crippen molar-refractivity contribution in [1.82, 2.24) is 10.2 Å². The third kappa shape index (κ3) is 5.28. The van der Waals surface area contributed by atoms with E-state index in [-0.39, 0.29) is 30.2 Å². The van der Waals surface area contributed by atoms with Gasteiger partial charge in [-0.3, -0.25) is 14.4 Å². The molecule has 9 heteroatoms. The van der Waals surface area contributed by atoms with Gasteiger partial charge in [-0.25, -0.2) is 0 Å². The molecule has 2 aromatic carbocycles. The molecule has 3 amide bonds. The average Bonchev–Trinajstić information content (AvgIpc) is 3.65. The summed E-state index contributed by atoms with van der Waals surface area (Å²) < 4.78 is 6.89. The van der Waals surface area contributed by atoms with Crippen molar-refractivity contribution in [2.45, 2.75) is 90.1 Å². The van der Waals surface area contributed by atoms with E-state index < -0.39 is 35.1 Å². The minimum atomic E-state index is -1.16. The van der Waals surface area contributed by atoms with Gasteiger partial charge in [-0.05, 0) is 68.9 Å². The molecule has 3 aliphatic rings. The monoisotopic (exact) mass is 604 g/mol. The predicted octanol–water partition coefficient (Wildman–Crippen LogP) is 4.35. The summed E-state index contributed by atoms with van der Waals surface area (Å²) in [6.07, 6.45) is 2.35. The molecule has 0 aliphatic carbocycles. The summed E-state index contributed by atoms with van der Waals surface area (Å²) in [5.74, 6) is -2.47. The number of anilines is 2. The lowest BCUT2D eigenvalue weighted by molar-refractivity contribution is -0.150. The van der Waals surface area contributed by atoms with Crippen LogP contribution in [0.2, 0.25) is 0 Å². The van der Waals surface area contributed by atoms with Crippen molar-refractivity contribution in [3.8, 4) is 0 Å². The first-order chi connectivity index (χ1) is 21.2. The molecule has 3 heterocycles. The number of carbonyl (C=O) groups is 3. The van der Waals surface area contributed by atoms with Gasteiger partial charge >= 0.3 is 0 Å². The number of amides is 3. The molecular formula is C35H48N4O5. The smallest absolute Gasteiger partial charge is 0.250 e. The van der Waals surface area contributed by atoms with Crippen LogP contribution in [0.5, 0.6) is 0 Å². The van der Waals surface area contributed by atoms with E-state index in [0.717, 1.165) is 24.3 Å². The number of fused-ring (bicyclic) bond motifs is 1. The second kappa shape index (κ2) is 12.9. The molecule has 9 nitrogen and oxygen atoms in total. The minimum absolute atomic E-state index is 0.0643. The minimum Gasteiger partial charge on any atom is -0.394 e. The molecular weight excluding hydrogens is 556 g/mol. The summed E-state index contributed by atoms with van der Waals surface area (Å²) in [6, 6.07) is 15.8. The highest BCUT2D eigenvalue weighted by Gasteiger charge is 2.79. The quantitative estimate of drug-likeness (QED) is 0.314. The van der Waals surface area contributed by atoms with Crippen molar-refractivity contribution in [2.75, 3.05) is 29.9 Å². The van der Waals surface area contributed by atoms with E-state index in [1.807, 2.05) is 75.4 Å². The summed E-state index contributed by atoms with van der Waals surface area (Å²) in [5.41, 5.74) is 0.660. The molecule has 7 atom stereocenters. The zero-order valence-electron chi connectivity index (χ0n) is 26.7. The van der Waals surface area contributed by atoms with E-state index in [2.05, 4.69) is 29.4 Å². The second-order valence-corrected chi connectivity index (χ2v) is 12.6. The van der Waals surface area contributed by atoms with Gasteiger partial charge in [-0.15, -0.1) is 0 Å². The Hall–Kier alpha value is -3.43. The fraction of sp³-hybridized carbons (Fsp3) is 0.571. The number of nitrogens with zero attached hydrogens (tertiary/aromatic N) is 2. The lowest BCUT2D eigenvalue weighted by Gasteiger charge is -2.39. The van der Waals surface area contributed by atoms with Gasteiger partial charge in [0.2, 0.25) is 17.7 Å². The zero-order valence-corrected chi connectivity index (χ0v) is 26.7. The topological polar surface area (TPSA) is 111 Å². The van der Waals surface area contributed by atoms with Crippen molar-refractivity contribution in [3.63, 3.8) is 0 Å². The molecule has 2 aromatic rings. The van der Waals surface area contributed by atoms with Crippen molar-refractivity contribution >= 4 is 29.1 Å². The first kappa shape index (κ1) is 32.0. The van der Waals surface area contributed by atoms with Crippen LogP contribution in [0.25, 0.3) is 0 Å². The number of nitrogens with one attached hydrogen (secondary N) is 2. The number of aliphatic hydroxyl groups is 1. The number of hydrogen-bond donors (Lipinski definition) is 3. The molecule has 0 saturated carbocycles. The lowest BCUT2D eigenvalue weighted by atomic mass is 9.65. The largest absolute Gasteiger partial charge is 0.394 e. The fourth-order valence-electron chi connectivity index (χ4n) is 7.98. The second-order valence-electron chi connectivity index (χ2n) is 12.6. The standard InChI is InChI=1S/C35H48N4O5/c1-6-23(5)27(22-40)39-30(32(42)37-25-15-17-26(18-16-25)38(8-3)9-4)35-20-19-34(7-2,44-35)28(29(35)33(39)43)31(41)36-21-24-13-11-10-12-14-24/h10-18,23,27-30,40H,6-9,19-22H2,1-5H3,(H,36,41)(H,37,42)/t23-,27-,28-,29-,30?,34+,35?/m0/s1. The van der Waals surface area contributed by atoms with Crippen molar-refractivity contribution in [3.05, 3.63) is 60.2 Å². The Kier molecular flexibility index (Phi) is 9.37. The molecule has 0 radical (unpaired) electrons. The number of carbonyl (C=O) groups excluding carboxylic acids is 3. The van der Waals surface area contributed by atoms with E-state index in [1.165, 1.54) is 0 Å². The maximum Gasteiger partial charge on any atom is 0.250 e. The van der Waals surface area contributed by atoms with Crippen LogP contribution in [0.3, 0.4) is 0 Å². The number of hydrogen-bond acceptors (Lipinski definition) is 6. The number of benzene rings is 2. The molecule has 3 aliphatic heterocycles. The van der Waals surface area contributed by atoms with Gasteiger partial charge in [0.05, 0.1) is 30.1 Å². The van der Waals surface area contributed by atoms with Crippen LogP contribution in [-0.4, -0.2) is 70.7 Å². The van der Waals surface area contributed by atoms with Crippen molar-refractivity contribution in [1.29, 1.82) is 0 Å². The van der Waals surface area contributed by atoms with E-state index in [1.54, 1.807) is 4.90 Å². The van der Waals surface area contributed by atoms with E-state index in [4.69, 9.17) is 4.74 Å². The SMILES string of the molecule is CC[C@H](C)[C@H](CO)N1C(=O)[C@@H]2[C@@H](C(=O)NCc3ccccc3)[C@@]3(CC)CCC2(O3)C1C(=O)Nc1ccc(N(CC)CC)cc1. The Morgan fingerprint density at radius 2 is 1.70 bits per heavy atom. The summed E-state index contributed by atoms with van der Waals surface area (Å²) in [7, 11) is 0. The van der Waals surface area contributed by atoms with Crippen LogP contribution in [0.1, 0.15) is 65.9 Å². The van der Waals surface area contributed by atoms with Gasteiger partial charge in [0, 0.05) is 31.0 Å². The van der Waals surface area contributed by atoms with Gasteiger partial charge in [-0.2, -0.15) is 0 Å². The first-order valence-electron chi connectivity index (χ1n) is 16.3. The number of aliphatic hydroxyl groups excluding tert-OH is 1. The van der Waals surface area contributed by atoms with E-state index in [0.29, 0.717) is 37.9 Å². The summed E-state index contributed by atoms with van der Waals surface area (Å²) in [6.45, 7) is 12.0. The van der Waals surface area contributed by atoms with Crippen LogP contribution in [0.4, 0.5) is 11.4 Å².